The molecule has 1 heterocycles. The quantitative estimate of drug-likeness (QED) is 0.810. The van der Waals surface area contributed by atoms with E-state index in [1.807, 2.05) is 13.8 Å². The third-order valence-corrected chi connectivity index (χ3v) is 3.03. The zero-order chi connectivity index (χ0) is 15.3. The average molecular weight is 285 g/mol. The van der Waals surface area contributed by atoms with Crippen molar-refractivity contribution in [1.82, 2.24) is 15.5 Å². The van der Waals surface area contributed by atoms with Gasteiger partial charge in [0.1, 0.15) is 11.6 Å². The molecular formula is C14H27N3O3. The second-order valence-electron chi connectivity index (χ2n) is 6.44. The van der Waals surface area contributed by atoms with Gasteiger partial charge in [0.15, 0.2) is 0 Å². The lowest BCUT2D eigenvalue weighted by Gasteiger charge is -2.33. The molecule has 0 aromatic rings. The molecule has 0 spiro atoms. The SMILES string of the molecule is CC(C)[C@H](NC(=O)OC(C)(C)C)C(=O)N1CCNCC1. The van der Waals surface area contributed by atoms with Crippen LogP contribution in [0.4, 0.5) is 4.79 Å². The average Bonchev–Trinajstić information content (AvgIpc) is 2.34. The van der Waals surface area contributed by atoms with Crippen LogP contribution in [0.5, 0.6) is 0 Å². The van der Waals surface area contributed by atoms with Gasteiger partial charge >= 0.3 is 6.09 Å². The first-order chi connectivity index (χ1) is 9.20. The van der Waals surface area contributed by atoms with Crippen LogP contribution in [0.15, 0.2) is 0 Å². The summed E-state index contributed by atoms with van der Waals surface area (Å²) in [6.07, 6.45) is -0.542. The fourth-order valence-corrected chi connectivity index (χ4v) is 2.03. The topological polar surface area (TPSA) is 70.7 Å². The van der Waals surface area contributed by atoms with Crippen LogP contribution in [0.2, 0.25) is 0 Å². The van der Waals surface area contributed by atoms with Gasteiger partial charge in [0.25, 0.3) is 0 Å². The van der Waals surface area contributed by atoms with Crippen molar-refractivity contribution in [1.29, 1.82) is 0 Å². The highest BCUT2D eigenvalue weighted by molar-refractivity contribution is 5.86. The highest BCUT2D eigenvalue weighted by Gasteiger charge is 2.30. The number of rotatable bonds is 3. The molecule has 0 aliphatic carbocycles. The summed E-state index contributed by atoms with van der Waals surface area (Å²) >= 11 is 0. The number of ether oxygens (including phenoxy) is 1. The Bertz CT molecular complexity index is 344. The van der Waals surface area contributed by atoms with Crippen molar-refractivity contribution in [3.8, 4) is 0 Å². The summed E-state index contributed by atoms with van der Waals surface area (Å²) < 4.78 is 5.22. The van der Waals surface area contributed by atoms with Gasteiger partial charge in [-0.25, -0.2) is 4.79 Å². The molecule has 0 radical (unpaired) electrons. The summed E-state index contributed by atoms with van der Waals surface area (Å²) in [4.78, 5) is 26.1. The van der Waals surface area contributed by atoms with E-state index in [1.54, 1.807) is 25.7 Å². The molecule has 1 aliphatic heterocycles. The number of nitrogens with zero attached hydrogens (tertiary/aromatic N) is 1. The van der Waals surface area contributed by atoms with Crippen molar-refractivity contribution in [2.75, 3.05) is 26.2 Å². The number of alkyl carbamates (subject to hydrolysis) is 1. The molecule has 20 heavy (non-hydrogen) atoms. The third kappa shape index (κ3) is 5.36. The molecule has 0 saturated carbocycles. The fraction of sp³-hybridized carbons (Fsp3) is 0.857. The summed E-state index contributed by atoms with van der Waals surface area (Å²) in [6.45, 7) is 12.2. The van der Waals surface area contributed by atoms with E-state index < -0.39 is 17.7 Å². The number of carbonyl (C=O) groups excluding carboxylic acids is 2. The molecule has 1 rings (SSSR count). The molecule has 1 fully saturated rings. The minimum Gasteiger partial charge on any atom is -0.444 e. The van der Waals surface area contributed by atoms with Crippen molar-refractivity contribution >= 4 is 12.0 Å². The predicted octanol–water partition coefficient (Wildman–Crippen LogP) is 0.968. The molecule has 0 aromatic carbocycles. The van der Waals surface area contributed by atoms with Gasteiger partial charge in [-0.1, -0.05) is 13.8 Å². The van der Waals surface area contributed by atoms with Gasteiger partial charge in [-0.15, -0.1) is 0 Å². The Hall–Kier alpha value is -1.30. The Balaban J connectivity index is 2.63. The van der Waals surface area contributed by atoms with E-state index in [0.29, 0.717) is 13.1 Å². The molecule has 1 saturated heterocycles. The Morgan fingerprint density at radius 2 is 1.75 bits per heavy atom. The molecule has 1 atom stereocenters. The van der Waals surface area contributed by atoms with Crippen LogP contribution in [0, 0.1) is 5.92 Å². The van der Waals surface area contributed by atoms with Gasteiger partial charge in [0, 0.05) is 26.2 Å². The van der Waals surface area contributed by atoms with E-state index in [4.69, 9.17) is 4.74 Å². The summed E-state index contributed by atoms with van der Waals surface area (Å²) in [7, 11) is 0. The maximum absolute atomic E-state index is 12.5. The Labute approximate surface area is 121 Å². The molecule has 116 valence electrons. The molecular weight excluding hydrogens is 258 g/mol. The molecule has 1 aliphatic rings. The van der Waals surface area contributed by atoms with Crippen LogP contribution in [0.3, 0.4) is 0 Å². The minimum absolute atomic E-state index is 0.0184. The summed E-state index contributed by atoms with van der Waals surface area (Å²) in [6, 6.07) is -0.539. The van der Waals surface area contributed by atoms with E-state index in [9.17, 15) is 9.59 Å². The Morgan fingerprint density at radius 1 is 1.20 bits per heavy atom. The largest absolute Gasteiger partial charge is 0.444 e. The van der Waals surface area contributed by atoms with Crippen LogP contribution >= 0.6 is 0 Å². The van der Waals surface area contributed by atoms with Gasteiger partial charge in [-0.05, 0) is 26.7 Å². The van der Waals surface area contributed by atoms with Crippen molar-refractivity contribution in [3.05, 3.63) is 0 Å². The Kier molecular flexibility index (Phi) is 5.80. The van der Waals surface area contributed by atoms with Crippen molar-refractivity contribution < 1.29 is 14.3 Å². The smallest absolute Gasteiger partial charge is 0.408 e. The van der Waals surface area contributed by atoms with E-state index in [-0.39, 0.29) is 11.8 Å². The normalized spacial score (nSPS) is 17.8. The maximum Gasteiger partial charge on any atom is 0.408 e. The number of nitrogens with one attached hydrogen (secondary N) is 2. The lowest BCUT2D eigenvalue weighted by Crippen LogP contribution is -2.56. The second kappa shape index (κ2) is 6.92. The van der Waals surface area contributed by atoms with Gasteiger partial charge in [-0.3, -0.25) is 4.79 Å². The second-order valence-corrected chi connectivity index (χ2v) is 6.44. The van der Waals surface area contributed by atoms with Crippen LogP contribution in [-0.2, 0) is 9.53 Å². The first-order valence-corrected chi connectivity index (χ1v) is 7.20. The fourth-order valence-electron chi connectivity index (χ4n) is 2.03. The Morgan fingerprint density at radius 3 is 2.20 bits per heavy atom. The monoisotopic (exact) mass is 285 g/mol. The van der Waals surface area contributed by atoms with Crippen molar-refractivity contribution in [2.45, 2.75) is 46.3 Å². The number of hydrogen-bond acceptors (Lipinski definition) is 4. The van der Waals surface area contributed by atoms with Crippen LogP contribution < -0.4 is 10.6 Å². The number of carbonyl (C=O) groups is 2. The molecule has 6 heteroatoms. The highest BCUT2D eigenvalue weighted by Crippen LogP contribution is 2.11. The van der Waals surface area contributed by atoms with Gasteiger partial charge < -0.3 is 20.3 Å². The van der Waals surface area contributed by atoms with Crippen LogP contribution in [-0.4, -0.2) is 54.7 Å². The number of hydrogen-bond donors (Lipinski definition) is 2. The summed E-state index contributed by atoms with van der Waals surface area (Å²) in [5.41, 5.74) is -0.566. The van der Waals surface area contributed by atoms with Crippen molar-refractivity contribution in [2.24, 2.45) is 5.92 Å². The molecule has 6 nitrogen and oxygen atoms in total. The lowest BCUT2D eigenvalue weighted by molar-refractivity contribution is -0.135. The molecule has 0 unspecified atom stereocenters. The van der Waals surface area contributed by atoms with E-state index in [2.05, 4.69) is 10.6 Å². The standard InChI is InChI=1S/C14H27N3O3/c1-10(2)11(16-13(19)20-14(3,4)5)12(18)17-8-6-15-7-9-17/h10-11,15H,6-9H2,1-5H3,(H,16,19)/t11-/m0/s1. The van der Waals surface area contributed by atoms with E-state index in [1.165, 1.54) is 0 Å². The predicted molar refractivity (Wildman–Crippen MR) is 77.4 cm³/mol. The molecule has 2 amide bonds. The number of piperazine rings is 1. The lowest BCUT2D eigenvalue weighted by atomic mass is 10.0. The maximum atomic E-state index is 12.5. The highest BCUT2D eigenvalue weighted by atomic mass is 16.6. The third-order valence-electron chi connectivity index (χ3n) is 3.03. The summed E-state index contributed by atoms with van der Waals surface area (Å²) in [5.74, 6) is -0.0164. The van der Waals surface area contributed by atoms with Gasteiger partial charge in [0.05, 0.1) is 0 Å². The van der Waals surface area contributed by atoms with Crippen LogP contribution in [0.25, 0.3) is 0 Å². The van der Waals surface area contributed by atoms with Crippen molar-refractivity contribution in [3.63, 3.8) is 0 Å². The van der Waals surface area contributed by atoms with E-state index >= 15 is 0 Å². The minimum atomic E-state index is -0.566. The number of amides is 2. The molecule has 0 aromatic heterocycles. The van der Waals surface area contributed by atoms with E-state index in [0.717, 1.165) is 13.1 Å². The first kappa shape index (κ1) is 16.8. The molecule has 0 bridgehead atoms. The van der Waals surface area contributed by atoms with Gasteiger partial charge in [0.2, 0.25) is 5.91 Å². The zero-order valence-electron chi connectivity index (χ0n) is 13.2. The van der Waals surface area contributed by atoms with Gasteiger partial charge in [-0.2, -0.15) is 0 Å². The summed E-state index contributed by atoms with van der Waals surface area (Å²) in [5, 5.41) is 5.90. The van der Waals surface area contributed by atoms with Crippen LogP contribution in [0.1, 0.15) is 34.6 Å². The zero-order valence-corrected chi connectivity index (χ0v) is 13.2. The first-order valence-electron chi connectivity index (χ1n) is 7.20. The molecule has 2 N–H and O–H groups in total.